The Balaban J connectivity index is 1.28. The zero-order valence-corrected chi connectivity index (χ0v) is 31.1. The van der Waals surface area contributed by atoms with E-state index in [4.69, 9.17) is 5.10 Å². The van der Waals surface area contributed by atoms with Crippen molar-refractivity contribution in [1.29, 1.82) is 0 Å². The minimum absolute atomic E-state index is 0.0756. The van der Waals surface area contributed by atoms with Gasteiger partial charge in [-0.05, 0) is 105 Å². The van der Waals surface area contributed by atoms with Crippen molar-refractivity contribution in [2.45, 2.75) is 130 Å². The van der Waals surface area contributed by atoms with Crippen molar-refractivity contribution in [3.8, 4) is 11.1 Å². The van der Waals surface area contributed by atoms with Crippen LogP contribution in [0.25, 0.3) is 22.0 Å². The Labute approximate surface area is 307 Å². The van der Waals surface area contributed by atoms with Crippen LogP contribution in [0.2, 0.25) is 0 Å². The van der Waals surface area contributed by atoms with E-state index in [9.17, 15) is 27.6 Å². The first-order valence-electron chi connectivity index (χ1n) is 18.8. The fraction of sp³-hybridized carbons (Fsp3) is 0.537. The second kappa shape index (κ2) is 13.7. The maximum absolute atomic E-state index is 14.6. The summed E-state index contributed by atoms with van der Waals surface area (Å²) in [7, 11) is 0. The van der Waals surface area contributed by atoms with Crippen molar-refractivity contribution in [2.75, 3.05) is 0 Å². The first-order chi connectivity index (χ1) is 25.0. The van der Waals surface area contributed by atoms with Gasteiger partial charge in [-0.25, -0.2) is 15.0 Å². The van der Waals surface area contributed by atoms with Crippen LogP contribution in [0.3, 0.4) is 0 Å². The number of Topliss-reactive ketones (excluding diaryl/α,β-unsaturated/α-hetero) is 2. The Morgan fingerprint density at radius 1 is 0.943 bits per heavy atom. The number of piperidine rings is 1. The number of aromatic nitrogens is 5. The molecule has 1 aliphatic carbocycles. The van der Waals surface area contributed by atoms with Crippen LogP contribution in [0.5, 0.6) is 0 Å². The first-order valence-corrected chi connectivity index (χ1v) is 18.8. The van der Waals surface area contributed by atoms with E-state index in [1.807, 2.05) is 13.0 Å². The molecule has 3 atom stereocenters. The van der Waals surface area contributed by atoms with Gasteiger partial charge in [0.25, 0.3) is 0 Å². The molecule has 3 aromatic heterocycles. The highest BCUT2D eigenvalue weighted by atomic mass is 19.4. The standard InChI is InChI=1S/C41H47F3N6O3/c1-24-11-12-34(41(42,43)44)47-31(24)18-33(52)32-19-40-15-9-14-39(4,5)13-8-6-7-10-27-16-28(29-21-45-26(3)46-22-29)17-30-37(25(2)51)48-49(38(27)30)23-36(53)50(32)35(40)20-40/h11-12,16-17,21-22,32,35H,6-10,13-15,18-20,23H2,1-5H3/t32-,35+,40-/m0/s1. The lowest BCUT2D eigenvalue weighted by molar-refractivity contribution is -0.141. The smallest absolute Gasteiger partial charge is 0.327 e. The minimum atomic E-state index is -4.64. The lowest BCUT2D eigenvalue weighted by atomic mass is 9.80. The Morgan fingerprint density at radius 2 is 1.68 bits per heavy atom. The predicted octanol–water partition coefficient (Wildman–Crippen LogP) is 8.21. The molecule has 2 aliphatic heterocycles. The number of aryl methyl sites for hydroxylation is 3. The third-order valence-electron chi connectivity index (χ3n) is 11.9. The monoisotopic (exact) mass is 728 g/mol. The number of hydrogen-bond donors (Lipinski definition) is 0. The normalized spacial score (nSPS) is 23.5. The maximum Gasteiger partial charge on any atom is 0.433 e. The molecule has 12 heteroatoms. The molecule has 9 nitrogen and oxygen atoms in total. The zero-order chi connectivity index (χ0) is 37.9. The van der Waals surface area contributed by atoms with E-state index in [2.05, 4.69) is 34.9 Å². The molecule has 4 aromatic rings. The highest BCUT2D eigenvalue weighted by molar-refractivity contribution is 6.07. The van der Waals surface area contributed by atoms with Crippen LogP contribution in [-0.4, -0.2) is 59.2 Å². The summed E-state index contributed by atoms with van der Waals surface area (Å²) in [6.45, 7) is 9.38. The fourth-order valence-electron chi connectivity index (χ4n) is 8.84. The van der Waals surface area contributed by atoms with E-state index in [1.54, 1.807) is 28.9 Å². The Bertz CT molecular complexity index is 2090. The quantitative estimate of drug-likeness (QED) is 0.191. The number of ketones is 2. The first kappa shape index (κ1) is 36.9. The number of alkyl halides is 3. The Kier molecular flexibility index (Phi) is 9.55. The summed E-state index contributed by atoms with van der Waals surface area (Å²) in [5.74, 6) is -0.173. The third kappa shape index (κ3) is 7.38. The SMILES string of the molecule is CC(=O)c1nn2c3c(cc(-c4cnc(C)nc4)cc13)CCCCCC(C)(C)CCC[C@@]13C[C@@H](C(=O)Cc4nc(C(F)(F)F)ccc4C)N(C(=O)C2)[C@@H]1C3. The van der Waals surface area contributed by atoms with E-state index in [-0.39, 0.29) is 58.7 Å². The molecule has 2 bridgehead atoms. The lowest BCUT2D eigenvalue weighted by Crippen LogP contribution is -2.45. The molecule has 1 saturated carbocycles. The van der Waals surface area contributed by atoms with Gasteiger partial charge in [0.1, 0.15) is 23.8 Å². The molecular formula is C41H47F3N6O3. The van der Waals surface area contributed by atoms with Gasteiger partial charge in [0.2, 0.25) is 5.91 Å². The van der Waals surface area contributed by atoms with E-state index >= 15 is 0 Å². The van der Waals surface area contributed by atoms with Crippen LogP contribution >= 0.6 is 0 Å². The van der Waals surface area contributed by atoms with Gasteiger partial charge in [0.15, 0.2) is 11.6 Å². The molecule has 3 aliphatic rings. The summed E-state index contributed by atoms with van der Waals surface area (Å²) >= 11 is 0. The van der Waals surface area contributed by atoms with Crippen LogP contribution in [0.15, 0.2) is 36.7 Å². The van der Waals surface area contributed by atoms with E-state index in [0.29, 0.717) is 29.6 Å². The summed E-state index contributed by atoms with van der Waals surface area (Å²) in [6.07, 6.45) is 7.59. The summed E-state index contributed by atoms with van der Waals surface area (Å²) < 4.78 is 42.4. The number of benzene rings is 1. The molecular weight excluding hydrogens is 681 g/mol. The van der Waals surface area contributed by atoms with E-state index < -0.39 is 17.9 Å². The minimum Gasteiger partial charge on any atom is -0.327 e. The average molecular weight is 729 g/mol. The van der Waals surface area contributed by atoms with Gasteiger partial charge in [-0.15, -0.1) is 0 Å². The molecule has 1 saturated heterocycles. The number of halogens is 3. The molecule has 7 rings (SSSR count). The van der Waals surface area contributed by atoms with Gasteiger partial charge < -0.3 is 4.90 Å². The molecule has 1 aromatic carbocycles. The Morgan fingerprint density at radius 3 is 2.40 bits per heavy atom. The molecule has 5 heterocycles. The molecule has 280 valence electrons. The number of carbonyl (C=O) groups excluding carboxylic acids is 3. The van der Waals surface area contributed by atoms with E-state index in [0.717, 1.165) is 79.6 Å². The van der Waals surface area contributed by atoms with E-state index in [1.165, 1.54) is 13.0 Å². The number of hydrogen-bond acceptors (Lipinski definition) is 7. The van der Waals surface area contributed by atoms with Crippen LogP contribution in [0.4, 0.5) is 13.2 Å². The summed E-state index contributed by atoms with van der Waals surface area (Å²) in [5, 5.41) is 5.40. The summed E-state index contributed by atoms with van der Waals surface area (Å²) in [4.78, 5) is 56.1. The third-order valence-corrected chi connectivity index (χ3v) is 11.9. The lowest BCUT2D eigenvalue weighted by Gasteiger charge is -2.27. The highest BCUT2D eigenvalue weighted by Crippen LogP contribution is 2.63. The van der Waals surface area contributed by atoms with Crippen molar-refractivity contribution >= 4 is 28.4 Å². The van der Waals surface area contributed by atoms with Gasteiger partial charge in [-0.1, -0.05) is 39.2 Å². The van der Waals surface area contributed by atoms with Crippen molar-refractivity contribution in [2.24, 2.45) is 10.8 Å². The topological polar surface area (TPSA) is 111 Å². The molecule has 0 N–H and O–H groups in total. The van der Waals surface area contributed by atoms with Gasteiger partial charge in [0, 0.05) is 36.3 Å². The average Bonchev–Trinajstić information content (AvgIpc) is 3.49. The Hall–Kier alpha value is -4.48. The van der Waals surface area contributed by atoms with Crippen molar-refractivity contribution < 1.29 is 27.6 Å². The highest BCUT2D eigenvalue weighted by Gasteiger charge is 2.66. The molecule has 1 amide bonds. The number of pyridine rings is 1. The van der Waals surface area contributed by atoms with Crippen LogP contribution in [0, 0.1) is 24.7 Å². The molecule has 0 radical (unpaired) electrons. The molecule has 0 spiro atoms. The van der Waals surface area contributed by atoms with Gasteiger partial charge in [-0.3, -0.25) is 19.1 Å². The largest absolute Gasteiger partial charge is 0.433 e. The molecule has 2 fully saturated rings. The summed E-state index contributed by atoms with van der Waals surface area (Å²) in [5.41, 5.74) is 3.09. The van der Waals surface area contributed by atoms with Crippen LogP contribution in [-0.2, 0) is 35.2 Å². The van der Waals surface area contributed by atoms with Crippen molar-refractivity contribution in [3.05, 3.63) is 70.7 Å². The fourth-order valence-corrected chi connectivity index (χ4v) is 8.84. The zero-order valence-electron chi connectivity index (χ0n) is 31.1. The second-order valence-electron chi connectivity index (χ2n) is 16.4. The number of rotatable bonds is 5. The van der Waals surface area contributed by atoms with Crippen LogP contribution in [0.1, 0.15) is 117 Å². The molecule has 53 heavy (non-hydrogen) atoms. The van der Waals surface area contributed by atoms with Crippen molar-refractivity contribution in [3.63, 3.8) is 0 Å². The maximum atomic E-state index is 14.6. The summed E-state index contributed by atoms with van der Waals surface area (Å²) in [6, 6.07) is 5.34. The number of amides is 1. The molecule has 0 unspecified atom stereocenters. The number of nitrogens with zero attached hydrogens (tertiary/aromatic N) is 6. The number of carbonyl (C=O) groups is 3. The second-order valence-corrected chi connectivity index (χ2v) is 16.4. The van der Waals surface area contributed by atoms with Gasteiger partial charge in [0.05, 0.1) is 23.7 Å². The predicted molar refractivity (Wildman–Crippen MR) is 194 cm³/mol. The van der Waals surface area contributed by atoms with Crippen molar-refractivity contribution in [1.82, 2.24) is 29.6 Å². The van der Waals surface area contributed by atoms with Crippen LogP contribution < -0.4 is 0 Å². The van der Waals surface area contributed by atoms with Gasteiger partial charge in [-0.2, -0.15) is 18.3 Å². The van der Waals surface area contributed by atoms with Gasteiger partial charge >= 0.3 is 6.18 Å².